The van der Waals surface area contributed by atoms with Gasteiger partial charge in [-0.2, -0.15) is 39.5 Å². The Kier molecular flexibility index (Phi) is 14.6. The number of carbonyl (C=O) groups is 1. The summed E-state index contributed by atoms with van der Waals surface area (Å²) < 4.78 is 142. The van der Waals surface area contributed by atoms with Gasteiger partial charge in [0.05, 0.1) is 49.9 Å². The molecule has 0 fully saturated rings. The Hall–Kier alpha value is -4.29. The van der Waals surface area contributed by atoms with Crippen molar-refractivity contribution in [1.82, 2.24) is 15.0 Å². The molecule has 0 bridgehead atoms. The number of aliphatic carboxylic acids is 1. The van der Waals surface area contributed by atoms with Crippen LogP contribution in [0.4, 0.5) is 45.5 Å². The second-order valence-corrected chi connectivity index (χ2v) is 12.0. The maximum atomic E-state index is 14.3. The monoisotopic (exact) mass is 782 g/mol. The maximum Gasteiger partial charge on any atom is 1.00 e. The van der Waals surface area contributed by atoms with Crippen molar-refractivity contribution in [2.75, 3.05) is 25.7 Å². The van der Waals surface area contributed by atoms with E-state index in [0.717, 1.165) is 36.5 Å². The first-order valence-corrected chi connectivity index (χ1v) is 15.7. The number of hydrogen-bond donors (Lipinski definition) is 0. The van der Waals surface area contributed by atoms with E-state index >= 15 is 0 Å². The van der Waals surface area contributed by atoms with E-state index in [4.69, 9.17) is 14.2 Å². The van der Waals surface area contributed by atoms with Crippen molar-refractivity contribution < 1.29 is 93.2 Å². The van der Waals surface area contributed by atoms with Gasteiger partial charge in [-0.3, -0.25) is 0 Å². The number of benzene rings is 2. The third-order valence-electron chi connectivity index (χ3n) is 7.75. The molecule has 0 atom stereocenters. The Balaban J connectivity index is 0.00000784. The van der Waals surface area contributed by atoms with E-state index in [1.165, 1.54) is 13.2 Å². The molecular formula is C35H32F9N4NaO5. The number of anilines is 1. The van der Waals surface area contributed by atoms with Crippen molar-refractivity contribution in [1.29, 1.82) is 0 Å². The topological polar surface area (TPSA) is 110 Å². The molecule has 2 aromatic carbocycles. The van der Waals surface area contributed by atoms with Gasteiger partial charge in [0.1, 0.15) is 17.2 Å². The summed E-state index contributed by atoms with van der Waals surface area (Å²) in [6.07, 6.45) is -13.2. The van der Waals surface area contributed by atoms with Crippen LogP contribution in [-0.4, -0.2) is 41.7 Å². The Morgan fingerprint density at radius 3 is 1.91 bits per heavy atom. The number of alkyl halides is 9. The van der Waals surface area contributed by atoms with Gasteiger partial charge in [-0.1, -0.05) is 13.8 Å². The molecule has 0 radical (unpaired) electrons. The molecule has 4 aromatic rings. The van der Waals surface area contributed by atoms with Gasteiger partial charge in [-0.15, -0.1) is 0 Å². The average Bonchev–Trinajstić information content (AvgIpc) is 3.08. The summed E-state index contributed by atoms with van der Waals surface area (Å²) in [5.74, 6) is -2.26. The number of carbonyl (C=O) groups excluding carboxylic acids is 1. The third kappa shape index (κ3) is 11.4. The number of aromatic nitrogens is 3. The van der Waals surface area contributed by atoms with E-state index in [2.05, 4.69) is 15.0 Å². The largest absolute Gasteiger partial charge is 1.00 e. The molecule has 0 amide bonds. The molecule has 0 saturated carbocycles. The molecule has 9 nitrogen and oxygen atoms in total. The Morgan fingerprint density at radius 2 is 1.41 bits per heavy atom. The number of methoxy groups -OCH3 is 2. The average molecular weight is 783 g/mol. The molecule has 0 aliphatic heterocycles. The minimum absolute atomic E-state index is 0. The Morgan fingerprint density at radius 1 is 0.815 bits per heavy atom. The number of ether oxygens (including phenoxy) is 3. The molecule has 0 aliphatic rings. The first-order chi connectivity index (χ1) is 24.7. The molecule has 286 valence electrons. The second kappa shape index (κ2) is 17.9. The number of pyridine rings is 1. The number of rotatable bonds is 14. The van der Waals surface area contributed by atoms with E-state index < -0.39 is 65.6 Å². The minimum Gasteiger partial charge on any atom is -0.550 e. The van der Waals surface area contributed by atoms with E-state index in [0.29, 0.717) is 17.8 Å². The van der Waals surface area contributed by atoms with Gasteiger partial charge in [0.15, 0.2) is 5.75 Å². The van der Waals surface area contributed by atoms with Crippen LogP contribution < -0.4 is 53.8 Å². The van der Waals surface area contributed by atoms with Crippen LogP contribution in [0.3, 0.4) is 0 Å². The van der Waals surface area contributed by atoms with Crippen molar-refractivity contribution in [2.24, 2.45) is 0 Å². The fraction of sp³-hybridized carbons (Fsp3) is 0.371. The molecule has 19 heteroatoms. The van der Waals surface area contributed by atoms with Crippen LogP contribution in [0.5, 0.6) is 17.2 Å². The van der Waals surface area contributed by atoms with Gasteiger partial charge in [0, 0.05) is 30.3 Å². The molecule has 2 heterocycles. The van der Waals surface area contributed by atoms with Crippen molar-refractivity contribution >= 4 is 11.9 Å². The van der Waals surface area contributed by atoms with Crippen LogP contribution in [0.2, 0.25) is 0 Å². The summed E-state index contributed by atoms with van der Waals surface area (Å²) in [5.41, 5.74) is -4.47. The quantitative estimate of drug-likeness (QED) is 0.101. The van der Waals surface area contributed by atoms with Crippen LogP contribution >= 0.6 is 0 Å². The first-order valence-electron chi connectivity index (χ1n) is 15.7. The van der Waals surface area contributed by atoms with Crippen LogP contribution in [0.1, 0.15) is 66.1 Å². The predicted octanol–water partition coefficient (Wildman–Crippen LogP) is 4.86. The number of halogens is 9. The SMILES string of the molecule is COc1cc(CN(Cc2cc(C(F)(F)F)cc(C(F)(F)F)c2)c2ncc(OCCCC(=O)[O-])cn2)c(-c2nc(C(C)C)ccc2OC)cc1C(F)(F)F.[Na+]. The molecule has 0 N–H and O–H groups in total. The summed E-state index contributed by atoms with van der Waals surface area (Å²) in [5, 5.41) is 10.7. The van der Waals surface area contributed by atoms with E-state index in [1.54, 1.807) is 19.9 Å². The summed E-state index contributed by atoms with van der Waals surface area (Å²) in [7, 11) is 2.28. The first kappa shape index (κ1) is 44.1. The number of carboxylic acids is 1. The molecule has 2 aromatic heterocycles. The van der Waals surface area contributed by atoms with Gasteiger partial charge in [-0.05, 0) is 72.4 Å². The molecule has 0 aliphatic carbocycles. The zero-order valence-electron chi connectivity index (χ0n) is 29.5. The summed E-state index contributed by atoms with van der Waals surface area (Å²) in [4.78, 5) is 24.7. The normalized spacial score (nSPS) is 12.0. The minimum atomic E-state index is -5.16. The van der Waals surface area contributed by atoms with Crippen LogP contribution in [0.25, 0.3) is 11.3 Å². The van der Waals surface area contributed by atoms with Crippen molar-refractivity contribution in [2.45, 2.75) is 64.2 Å². The molecule has 0 unspecified atom stereocenters. The van der Waals surface area contributed by atoms with Crippen LogP contribution in [0, 0.1) is 0 Å². The van der Waals surface area contributed by atoms with Crippen molar-refractivity contribution in [3.05, 3.63) is 88.4 Å². The zero-order chi connectivity index (χ0) is 39.3. The summed E-state index contributed by atoms with van der Waals surface area (Å²) in [6.45, 7) is 2.33. The van der Waals surface area contributed by atoms with Gasteiger partial charge in [0.25, 0.3) is 0 Å². The standard InChI is InChI=1S/C35H33F9N4O5.Na/c1-19(2)27-7-8-28(51-3)31(47-27)25-14-26(35(42,43)44)29(52-4)12-21(25)18-48(32-45-15-24(16-46-32)53-9-5-6-30(49)50)17-20-10-22(33(36,37)38)13-23(11-20)34(39,40)41;/h7-8,10-16,19H,5-6,9,17-18H2,1-4H3,(H,49,50);/q;+1/p-1. The van der Waals surface area contributed by atoms with Gasteiger partial charge < -0.3 is 29.0 Å². The smallest absolute Gasteiger partial charge is 0.550 e. The van der Waals surface area contributed by atoms with Crippen molar-refractivity contribution in [3.63, 3.8) is 0 Å². The van der Waals surface area contributed by atoms with Crippen LogP contribution in [-0.2, 0) is 36.4 Å². The molecule has 0 saturated heterocycles. The summed E-state index contributed by atoms with van der Waals surface area (Å²) >= 11 is 0. The van der Waals surface area contributed by atoms with Crippen LogP contribution in [0.15, 0.2) is 54.9 Å². The molecule has 54 heavy (non-hydrogen) atoms. The van der Waals surface area contributed by atoms with Gasteiger partial charge in [0.2, 0.25) is 5.95 Å². The third-order valence-corrected chi connectivity index (χ3v) is 7.75. The summed E-state index contributed by atoms with van der Waals surface area (Å²) in [6, 6.07) is 5.94. The number of carboxylic acid groups (broad SMARTS) is 1. The van der Waals surface area contributed by atoms with E-state index in [9.17, 15) is 49.4 Å². The zero-order valence-corrected chi connectivity index (χ0v) is 31.5. The van der Waals surface area contributed by atoms with Crippen molar-refractivity contribution in [3.8, 4) is 28.5 Å². The Labute approximate surface area is 325 Å². The second-order valence-electron chi connectivity index (χ2n) is 12.0. The molecular weight excluding hydrogens is 750 g/mol. The number of hydrogen-bond acceptors (Lipinski definition) is 9. The molecule has 4 rings (SSSR count). The predicted molar refractivity (Wildman–Crippen MR) is 170 cm³/mol. The molecule has 0 spiro atoms. The maximum absolute atomic E-state index is 14.3. The van der Waals surface area contributed by atoms with E-state index in [1.807, 2.05) is 0 Å². The fourth-order valence-corrected chi connectivity index (χ4v) is 5.19. The fourth-order valence-electron chi connectivity index (χ4n) is 5.19. The number of nitrogens with zero attached hydrogens (tertiary/aromatic N) is 4. The van der Waals surface area contributed by atoms with Gasteiger partial charge >= 0.3 is 48.1 Å². The van der Waals surface area contributed by atoms with E-state index in [-0.39, 0.29) is 95.3 Å². The van der Waals surface area contributed by atoms with Gasteiger partial charge in [-0.25, -0.2) is 15.0 Å². The Bertz CT molecular complexity index is 1870.